The van der Waals surface area contributed by atoms with Gasteiger partial charge in [0.2, 0.25) is 0 Å². The predicted molar refractivity (Wildman–Crippen MR) is 89.3 cm³/mol. The maximum absolute atomic E-state index is 12.6. The molecule has 120 valence electrons. The highest BCUT2D eigenvalue weighted by molar-refractivity contribution is 5.94. The van der Waals surface area contributed by atoms with Crippen LogP contribution in [0.15, 0.2) is 18.3 Å². The van der Waals surface area contributed by atoms with E-state index in [1.807, 2.05) is 17.0 Å². The minimum atomic E-state index is 0.141. The molecule has 0 saturated carbocycles. The molecule has 0 N–H and O–H groups in total. The van der Waals surface area contributed by atoms with Crippen LogP contribution in [0.3, 0.4) is 0 Å². The van der Waals surface area contributed by atoms with Crippen LogP contribution in [0.1, 0.15) is 62.2 Å². The number of anilines is 1. The molecule has 3 heterocycles. The van der Waals surface area contributed by atoms with Gasteiger partial charge in [-0.1, -0.05) is 12.8 Å². The molecule has 0 spiro atoms. The molecule has 2 aliphatic heterocycles. The SMILES string of the molecule is C[C@@H]1CCCCN1C(=O)c1ccc(N2CCCCCC2)nc1. The monoisotopic (exact) mass is 301 g/mol. The van der Waals surface area contributed by atoms with Gasteiger partial charge in [-0.15, -0.1) is 0 Å². The van der Waals surface area contributed by atoms with Gasteiger partial charge in [-0.25, -0.2) is 4.98 Å². The summed E-state index contributed by atoms with van der Waals surface area (Å²) >= 11 is 0. The predicted octanol–water partition coefficient (Wildman–Crippen LogP) is 3.48. The van der Waals surface area contributed by atoms with E-state index < -0.39 is 0 Å². The Morgan fingerprint density at radius 3 is 2.41 bits per heavy atom. The number of hydrogen-bond acceptors (Lipinski definition) is 3. The highest BCUT2D eigenvalue weighted by Gasteiger charge is 2.24. The standard InChI is InChI=1S/C18H27N3O/c1-15-8-4-7-13-21(15)18(22)16-9-10-17(19-14-16)20-11-5-2-3-6-12-20/h9-10,14-15H,2-8,11-13H2,1H3/t15-/m1/s1. The van der Waals surface area contributed by atoms with Gasteiger partial charge in [0.25, 0.3) is 5.91 Å². The Labute approximate surface area is 133 Å². The first-order valence-corrected chi connectivity index (χ1v) is 8.77. The first-order chi connectivity index (χ1) is 10.8. The molecule has 4 nitrogen and oxygen atoms in total. The van der Waals surface area contributed by atoms with Crippen LogP contribution in [-0.4, -0.2) is 41.5 Å². The fourth-order valence-electron chi connectivity index (χ4n) is 3.57. The first-order valence-electron chi connectivity index (χ1n) is 8.77. The second kappa shape index (κ2) is 7.12. The second-order valence-corrected chi connectivity index (χ2v) is 6.65. The largest absolute Gasteiger partial charge is 0.357 e. The maximum Gasteiger partial charge on any atom is 0.255 e. The number of amides is 1. The second-order valence-electron chi connectivity index (χ2n) is 6.65. The van der Waals surface area contributed by atoms with Crippen molar-refractivity contribution in [1.29, 1.82) is 0 Å². The molecule has 0 unspecified atom stereocenters. The van der Waals surface area contributed by atoms with Crippen molar-refractivity contribution >= 4 is 11.7 Å². The van der Waals surface area contributed by atoms with Gasteiger partial charge in [-0.3, -0.25) is 4.79 Å². The minimum absolute atomic E-state index is 0.141. The van der Waals surface area contributed by atoms with Gasteiger partial charge in [0.1, 0.15) is 5.82 Å². The van der Waals surface area contributed by atoms with Crippen molar-refractivity contribution in [2.24, 2.45) is 0 Å². The van der Waals surface area contributed by atoms with Crippen LogP contribution in [0.4, 0.5) is 5.82 Å². The molecule has 22 heavy (non-hydrogen) atoms. The molecule has 0 aliphatic carbocycles. The number of likely N-dealkylation sites (tertiary alicyclic amines) is 1. The smallest absolute Gasteiger partial charge is 0.255 e. The molecule has 3 rings (SSSR count). The zero-order chi connectivity index (χ0) is 15.4. The van der Waals surface area contributed by atoms with E-state index in [1.54, 1.807) is 6.20 Å². The lowest BCUT2D eigenvalue weighted by molar-refractivity contribution is 0.0635. The average Bonchev–Trinajstić information content (AvgIpc) is 2.84. The third-order valence-corrected chi connectivity index (χ3v) is 4.99. The molecule has 1 aromatic heterocycles. The van der Waals surface area contributed by atoms with Crippen molar-refractivity contribution in [2.75, 3.05) is 24.5 Å². The van der Waals surface area contributed by atoms with Gasteiger partial charge in [-0.2, -0.15) is 0 Å². The zero-order valence-corrected chi connectivity index (χ0v) is 13.6. The highest BCUT2D eigenvalue weighted by Crippen LogP contribution is 2.21. The van der Waals surface area contributed by atoms with Crippen LogP contribution in [0.25, 0.3) is 0 Å². The number of carbonyl (C=O) groups excluding carboxylic acids is 1. The molecule has 0 aromatic carbocycles. The quantitative estimate of drug-likeness (QED) is 0.839. The average molecular weight is 301 g/mol. The van der Waals surface area contributed by atoms with Crippen LogP contribution in [0, 0.1) is 0 Å². The molecule has 2 fully saturated rings. The van der Waals surface area contributed by atoms with E-state index in [1.165, 1.54) is 32.1 Å². The van der Waals surface area contributed by atoms with Crippen molar-refractivity contribution in [3.63, 3.8) is 0 Å². The van der Waals surface area contributed by atoms with Gasteiger partial charge in [0.15, 0.2) is 0 Å². The number of piperidine rings is 1. The number of rotatable bonds is 2. The summed E-state index contributed by atoms with van der Waals surface area (Å²) in [5, 5.41) is 0. The van der Waals surface area contributed by atoms with Crippen LogP contribution < -0.4 is 4.90 Å². The molecular weight excluding hydrogens is 274 g/mol. The fourth-order valence-corrected chi connectivity index (χ4v) is 3.57. The van der Waals surface area contributed by atoms with Crippen LogP contribution in [-0.2, 0) is 0 Å². The molecular formula is C18H27N3O. The summed E-state index contributed by atoms with van der Waals surface area (Å²) in [5.74, 6) is 1.16. The molecule has 1 amide bonds. The number of pyridine rings is 1. The zero-order valence-electron chi connectivity index (χ0n) is 13.6. The normalized spacial score (nSPS) is 23.2. The molecule has 2 saturated heterocycles. The summed E-state index contributed by atoms with van der Waals surface area (Å²) in [5.41, 5.74) is 0.729. The van der Waals surface area contributed by atoms with Gasteiger partial charge in [0.05, 0.1) is 5.56 Å². The topological polar surface area (TPSA) is 36.4 Å². The maximum atomic E-state index is 12.6. The lowest BCUT2D eigenvalue weighted by Crippen LogP contribution is -2.42. The third-order valence-electron chi connectivity index (χ3n) is 4.99. The Bertz CT molecular complexity index is 492. The van der Waals surface area contributed by atoms with Crippen molar-refractivity contribution < 1.29 is 4.79 Å². The van der Waals surface area contributed by atoms with Crippen molar-refractivity contribution in [1.82, 2.24) is 9.88 Å². The summed E-state index contributed by atoms with van der Waals surface area (Å²) in [6.07, 6.45) is 10.4. The van der Waals surface area contributed by atoms with Gasteiger partial charge >= 0.3 is 0 Å². The van der Waals surface area contributed by atoms with Crippen LogP contribution in [0.5, 0.6) is 0 Å². The van der Waals surface area contributed by atoms with Crippen molar-refractivity contribution in [3.05, 3.63) is 23.9 Å². The van der Waals surface area contributed by atoms with Crippen LogP contribution >= 0.6 is 0 Å². The molecule has 4 heteroatoms. The summed E-state index contributed by atoms with van der Waals surface area (Å²) in [4.78, 5) is 21.5. The van der Waals surface area contributed by atoms with E-state index in [0.29, 0.717) is 6.04 Å². The Balaban J connectivity index is 1.69. The van der Waals surface area contributed by atoms with Gasteiger partial charge < -0.3 is 9.80 Å². The Kier molecular flexibility index (Phi) is 4.96. The Morgan fingerprint density at radius 2 is 1.77 bits per heavy atom. The van der Waals surface area contributed by atoms with Crippen molar-refractivity contribution in [2.45, 2.75) is 57.9 Å². The van der Waals surface area contributed by atoms with Crippen molar-refractivity contribution in [3.8, 4) is 0 Å². The van der Waals surface area contributed by atoms with Crippen LogP contribution in [0.2, 0.25) is 0 Å². The third kappa shape index (κ3) is 3.42. The Morgan fingerprint density at radius 1 is 1.05 bits per heavy atom. The van der Waals surface area contributed by atoms with E-state index in [-0.39, 0.29) is 5.91 Å². The number of carbonyl (C=O) groups is 1. The lowest BCUT2D eigenvalue weighted by atomic mass is 10.0. The van der Waals surface area contributed by atoms with E-state index in [2.05, 4.69) is 16.8 Å². The number of aromatic nitrogens is 1. The van der Waals surface area contributed by atoms with Gasteiger partial charge in [-0.05, 0) is 51.2 Å². The highest BCUT2D eigenvalue weighted by atomic mass is 16.2. The fraction of sp³-hybridized carbons (Fsp3) is 0.667. The summed E-state index contributed by atoms with van der Waals surface area (Å²) < 4.78 is 0. The van der Waals surface area contributed by atoms with E-state index in [0.717, 1.165) is 43.9 Å². The molecule has 0 radical (unpaired) electrons. The van der Waals surface area contributed by atoms with E-state index in [4.69, 9.17) is 0 Å². The number of hydrogen-bond donors (Lipinski definition) is 0. The molecule has 2 aliphatic rings. The first kappa shape index (κ1) is 15.3. The molecule has 1 aromatic rings. The van der Waals surface area contributed by atoms with E-state index in [9.17, 15) is 4.79 Å². The lowest BCUT2D eigenvalue weighted by Gasteiger charge is -2.33. The van der Waals surface area contributed by atoms with E-state index >= 15 is 0 Å². The summed E-state index contributed by atoms with van der Waals surface area (Å²) in [6, 6.07) is 4.33. The molecule has 0 bridgehead atoms. The summed E-state index contributed by atoms with van der Waals surface area (Å²) in [6.45, 7) is 5.21. The number of nitrogens with zero attached hydrogens (tertiary/aromatic N) is 3. The summed E-state index contributed by atoms with van der Waals surface area (Å²) in [7, 11) is 0. The molecule has 1 atom stereocenters. The van der Waals surface area contributed by atoms with Gasteiger partial charge in [0, 0.05) is 31.9 Å². The Hall–Kier alpha value is -1.58. The minimum Gasteiger partial charge on any atom is -0.357 e.